The molecule has 0 spiro atoms. The van der Waals surface area contributed by atoms with Crippen LogP contribution in [0.1, 0.15) is 32.1 Å². The molecule has 0 bridgehead atoms. The highest BCUT2D eigenvalue weighted by Gasteiger charge is 2.32. The number of carbonyl (C=O) groups is 1. The molecular weight excluding hydrogens is 190 g/mol. The van der Waals surface area contributed by atoms with Gasteiger partial charge in [-0.3, -0.25) is 9.69 Å². The fraction of sp³-hybridized carbons (Fsp3) is 0.909. The molecular formula is C11H21N3O. The number of likely N-dealkylation sites (tertiary alicyclic amines) is 1. The van der Waals surface area contributed by atoms with Crippen molar-refractivity contribution in [3.8, 4) is 0 Å². The number of amides is 1. The minimum Gasteiger partial charge on any atom is -0.368 e. The first-order valence-corrected chi connectivity index (χ1v) is 6.04. The maximum atomic E-state index is 11.0. The summed E-state index contributed by atoms with van der Waals surface area (Å²) < 4.78 is 0. The molecule has 2 aliphatic rings. The summed E-state index contributed by atoms with van der Waals surface area (Å²) in [4.78, 5) is 13.2. The fourth-order valence-electron chi connectivity index (χ4n) is 2.52. The number of hydrogen-bond acceptors (Lipinski definition) is 3. The summed E-state index contributed by atoms with van der Waals surface area (Å²) >= 11 is 0. The third kappa shape index (κ3) is 2.69. The van der Waals surface area contributed by atoms with Gasteiger partial charge in [-0.05, 0) is 32.2 Å². The van der Waals surface area contributed by atoms with E-state index in [1.807, 2.05) is 0 Å². The first-order valence-electron chi connectivity index (χ1n) is 6.04. The lowest BCUT2D eigenvalue weighted by molar-refractivity contribution is -0.127. The van der Waals surface area contributed by atoms with Gasteiger partial charge >= 0.3 is 0 Å². The van der Waals surface area contributed by atoms with Crippen LogP contribution in [0.25, 0.3) is 0 Å². The van der Waals surface area contributed by atoms with Gasteiger partial charge in [-0.1, -0.05) is 6.42 Å². The van der Waals surface area contributed by atoms with Crippen molar-refractivity contribution >= 4 is 5.91 Å². The maximum absolute atomic E-state index is 11.0. The Kier molecular flexibility index (Phi) is 3.59. The number of rotatable bonds is 4. The quantitative estimate of drug-likeness (QED) is 0.692. The molecule has 0 aromatic heterocycles. The zero-order chi connectivity index (χ0) is 10.7. The lowest BCUT2D eigenvalue weighted by atomic mass is 9.98. The second kappa shape index (κ2) is 4.94. The minimum atomic E-state index is -0.155. The van der Waals surface area contributed by atoms with Gasteiger partial charge in [-0.25, -0.2) is 0 Å². The van der Waals surface area contributed by atoms with Crippen molar-refractivity contribution in [1.29, 1.82) is 0 Å². The molecule has 86 valence electrons. The number of nitrogens with two attached hydrogens (primary N) is 1. The molecule has 2 heterocycles. The van der Waals surface area contributed by atoms with E-state index < -0.39 is 0 Å². The summed E-state index contributed by atoms with van der Waals surface area (Å²) in [6, 6.07) is 0.682. The summed E-state index contributed by atoms with van der Waals surface area (Å²) in [6.45, 7) is 3.22. The number of nitrogens with zero attached hydrogens (tertiary/aromatic N) is 1. The predicted octanol–water partition coefficient (Wildman–Crippen LogP) is 0.0782. The zero-order valence-electron chi connectivity index (χ0n) is 9.24. The Hall–Kier alpha value is -0.610. The standard InChI is InChI=1S/C11H21N3O/c12-11(15)10-5-8-14(10)7-4-9-3-1-2-6-13-9/h9-10,13H,1-8H2,(H2,12,15). The van der Waals surface area contributed by atoms with E-state index in [0.717, 1.165) is 32.5 Å². The smallest absolute Gasteiger partial charge is 0.234 e. The van der Waals surface area contributed by atoms with Gasteiger partial charge in [-0.15, -0.1) is 0 Å². The summed E-state index contributed by atoms with van der Waals surface area (Å²) in [6.07, 6.45) is 6.05. The summed E-state index contributed by atoms with van der Waals surface area (Å²) in [5.41, 5.74) is 5.30. The normalized spacial score (nSPS) is 32.3. The Morgan fingerprint density at radius 3 is 2.80 bits per heavy atom. The minimum absolute atomic E-state index is 0.0218. The van der Waals surface area contributed by atoms with Gasteiger partial charge < -0.3 is 11.1 Å². The first kappa shape index (κ1) is 10.9. The Morgan fingerprint density at radius 1 is 1.40 bits per heavy atom. The molecule has 2 atom stereocenters. The molecule has 2 unspecified atom stereocenters. The van der Waals surface area contributed by atoms with Gasteiger partial charge in [0, 0.05) is 19.1 Å². The number of carbonyl (C=O) groups excluding carboxylic acids is 1. The van der Waals surface area contributed by atoms with Crippen molar-refractivity contribution in [3.63, 3.8) is 0 Å². The van der Waals surface area contributed by atoms with Crippen LogP contribution in [0.3, 0.4) is 0 Å². The van der Waals surface area contributed by atoms with Crippen LogP contribution < -0.4 is 11.1 Å². The highest BCUT2D eigenvalue weighted by Crippen LogP contribution is 2.18. The molecule has 0 aromatic rings. The van der Waals surface area contributed by atoms with E-state index in [4.69, 9.17) is 5.73 Å². The van der Waals surface area contributed by atoms with Crippen molar-refractivity contribution in [2.75, 3.05) is 19.6 Å². The van der Waals surface area contributed by atoms with Crippen LogP contribution in [0, 0.1) is 0 Å². The van der Waals surface area contributed by atoms with E-state index in [2.05, 4.69) is 10.2 Å². The fourth-order valence-corrected chi connectivity index (χ4v) is 2.52. The number of hydrogen-bond donors (Lipinski definition) is 2. The predicted molar refractivity (Wildman–Crippen MR) is 59.4 cm³/mol. The maximum Gasteiger partial charge on any atom is 0.234 e. The monoisotopic (exact) mass is 211 g/mol. The molecule has 2 aliphatic heterocycles. The van der Waals surface area contributed by atoms with Crippen molar-refractivity contribution in [2.24, 2.45) is 5.73 Å². The third-order valence-electron chi connectivity index (χ3n) is 3.64. The number of piperidine rings is 1. The molecule has 2 saturated heterocycles. The molecule has 0 radical (unpaired) electrons. The largest absolute Gasteiger partial charge is 0.368 e. The van der Waals surface area contributed by atoms with Gasteiger partial charge in [0.15, 0.2) is 0 Å². The van der Waals surface area contributed by atoms with Crippen LogP contribution in [-0.4, -0.2) is 42.5 Å². The van der Waals surface area contributed by atoms with E-state index in [1.165, 1.54) is 19.3 Å². The average molecular weight is 211 g/mol. The molecule has 4 heteroatoms. The van der Waals surface area contributed by atoms with Gasteiger partial charge in [0.05, 0.1) is 6.04 Å². The summed E-state index contributed by atoms with van der Waals surface area (Å²) in [7, 11) is 0. The second-order valence-electron chi connectivity index (χ2n) is 4.68. The molecule has 1 amide bonds. The van der Waals surface area contributed by atoms with Crippen LogP contribution in [-0.2, 0) is 4.79 Å². The van der Waals surface area contributed by atoms with Crippen LogP contribution in [0.2, 0.25) is 0 Å². The lowest BCUT2D eigenvalue weighted by Crippen LogP contribution is -2.55. The molecule has 0 aliphatic carbocycles. The van der Waals surface area contributed by atoms with Crippen LogP contribution in [0.15, 0.2) is 0 Å². The number of nitrogens with one attached hydrogen (secondary N) is 1. The van der Waals surface area contributed by atoms with Crippen molar-refractivity contribution in [2.45, 2.75) is 44.2 Å². The Morgan fingerprint density at radius 2 is 2.27 bits per heavy atom. The van der Waals surface area contributed by atoms with Gasteiger partial charge in [0.1, 0.15) is 0 Å². The van der Waals surface area contributed by atoms with E-state index in [0.29, 0.717) is 6.04 Å². The van der Waals surface area contributed by atoms with E-state index in [-0.39, 0.29) is 11.9 Å². The van der Waals surface area contributed by atoms with Crippen LogP contribution in [0.5, 0.6) is 0 Å². The molecule has 15 heavy (non-hydrogen) atoms. The molecule has 4 nitrogen and oxygen atoms in total. The average Bonchev–Trinajstić information content (AvgIpc) is 2.17. The lowest BCUT2D eigenvalue weighted by Gasteiger charge is -2.39. The van der Waals surface area contributed by atoms with Gasteiger partial charge in [-0.2, -0.15) is 0 Å². The highest BCUT2D eigenvalue weighted by molar-refractivity contribution is 5.80. The summed E-state index contributed by atoms with van der Waals surface area (Å²) in [5, 5.41) is 3.52. The third-order valence-corrected chi connectivity index (χ3v) is 3.64. The van der Waals surface area contributed by atoms with Crippen molar-refractivity contribution < 1.29 is 4.79 Å². The SMILES string of the molecule is NC(=O)C1CCN1CCC1CCCCN1. The van der Waals surface area contributed by atoms with E-state index >= 15 is 0 Å². The Bertz CT molecular complexity index is 226. The molecule has 3 N–H and O–H groups in total. The Balaban J connectivity index is 1.67. The van der Waals surface area contributed by atoms with Crippen LogP contribution in [0.4, 0.5) is 0 Å². The van der Waals surface area contributed by atoms with Crippen LogP contribution >= 0.6 is 0 Å². The number of primary amides is 1. The highest BCUT2D eigenvalue weighted by atomic mass is 16.1. The molecule has 2 rings (SSSR count). The van der Waals surface area contributed by atoms with Crippen molar-refractivity contribution in [3.05, 3.63) is 0 Å². The van der Waals surface area contributed by atoms with E-state index in [1.54, 1.807) is 0 Å². The Labute approximate surface area is 91.2 Å². The first-order chi connectivity index (χ1) is 7.27. The molecule has 0 aromatic carbocycles. The zero-order valence-corrected chi connectivity index (χ0v) is 9.24. The van der Waals surface area contributed by atoms with Crippen molar-refractivity contribution in [1.82, 2.24) is 10.2 Å². The second-order valence-corrected chi connectivity index (χ2v) is 4.68. The van der Waals surface area contributed by atoms with Gasteiger partial charge in [0.2, 0.25) is 5.91 Å². The molecule has 0 saturated carbocycles. The van der Waals surface area contributed by atoms with E-state index in [9.17, 15) is 4.79 Å². The van der Waals surface area contributed by atoms with Gasteiger partial charge in [0.25, 0.3) is 0 Å². The topological polar surface area (TPSA) is 58.4 Å². The summed E-state index contributed by atoms with van der Waals surface area (Å²) in [5.74, 6) is -0.155. The molecule has 2 fully saturated rings.